The van der Waals surface area contributed by atoms with Crippen molar-refractivity contribution in [1.82, 2.24) is 9.88 Å². The van der Waals surface area contributed by atoms with Gasteiger partial charge in [-0.25, -0.2) is 4.98 Å². The number of nitrogens with one attached hydrogen (secondary N) is 1. The number of anilines is 1. The number of likely N-dealkylation sites (tertiary alicyclic amines) is 1. The lowest BCUT2D eigenvalue weighted by molar-refractivity contribution is 0.242. The standard InChI is InChI=1S/C15H20ClN3S2/c1-3-11-5-4-6-19(11)8-13-14(18-15(17-2)21-13)12-7-10(16)9-20-12/h7,9,11H,3-6,8H2,1-2H3,(H,17,18). The van der Waals surface area contributed by atoms with Crippen LogP contribution in [-0.4, -0.2) is 29.5 Å². The number of nitrogens with zero attached hydrogens (tertiary/aromatic N) is 2. The molecule has 3 nitrogen and oxygen atoms in total. The minimum Gasteiger partial charge on any atom is -0.365 e. The van der Waals surface area contributed by atoms with Gasteiger partial charge in [0.25, 0.3) is 0 Å². The maximum Gasteiger partial charge on any atom is 0.183 e. The van der Waals surface area contributed by atoms with E-state index in [0.29, 0.717) is 0 Å². The fourth-order valence-electron chi connectivity index (χ4n) is 2.95. The molecule has 2 aromatic rings. The maximum atomic E-state index is 6.08. The summed E-state index contributed by atoms with van der Waals surface area (Å²) >= 11 is 9.51. The summed E-state index contributed by atoms with van der Waals surface area (Å²) in [6.07, 6.45) is 3.88. The van der Waals surface area contributed by atoms with Crippen LogP contribution in [0.15, 0.2) is 11.4 Å². The monoisotopic (exact) mass is 341 g/mol. The third-order valence-electron chi connectivity index (χ3n) is 4.03. The van der Waals surface area contributed by atoms with E-state index >= 15 is 0 Å². The summed E-state index contributed by atoms with van der Waals surface area (Å²) in [5, 5.41) is 6.93. The van der Waals surface area contributed by atoms with Gasteiger partial charge in [-0.1, -0.05) is 18.5 Å². The third kappa shape index (κ3) is 3.26. The van der Waals surface area contributed by atoms with Crippen LogP contribution in [-0.2, 0) is 6.54 Å². The summed E-state index contributed by atoms with van der Waals surface area (Å²) in [6, 6.07) is 2.75. The summed E-state index contributed by atoms with van der Waals surface area (Å²) in [5.74, 6) is 0. The summed E-state index contributed by atoms with van der Waals surface area (Å²) in [6.45, 7) is 4.49. The summed E-state index contributed by atoms with van der Waals surface area (Å²) < 4.78 is 0. The fraction of sp³-hybridized carbons (Fsp3) is 0.533. The Kier molecular flexibility index (Phi) is 4.84. The molecule has 1 unspecified atom stereocenters. The predicted octanol–water partition coefficient (Wildman–Crippen LogP) is 4.94. The summed E-state index contributed by atoms with van der Waals surface area (Å²) in [5.41, 5.74) is 1.10. The number of hydrogen-bond acceptors (Lipinski definition) is 5. The highest BCUT2D eigenvalue weighted by molar-refractivity contribution is 7.17. The number of halogens is 1. The van der Waals surface area contributed by atoms with Crippen molar-refractivity contribution in [3.63, 3.8) is 0 Å². The lowest BCUT2D eigenvalue weighted by Crippen LogP contribution is -2.27. The van der Waals surface area contributed by atoms with Crippen LogP contribution in [0.4, 0.5) is 5.13 Å². The largest absolute Gasteiger partial charge is 0.365 e. The van der Waals surface area contributed by atoms with Crippen LogP contribution in [0.5, 0.6) is 0 Å². The van der Waals surface area contributed by atoms with Gasteiger partial charge < -0.3 is 5.32 Å². The average molecular weight is 342 g/mol. The zero-order chi connectivity index (χ0) is 14.8. The molecule has 0 amide bonds. The third-order valence-corrected chi connectivity index (χ3v) is 6.37. The van der Waals surface area contributed by atoms with Crippen molar-refractivity contribution in [3.05, 3.63) is 21.3 Å². The van der Waals surface area contributed by atoms with Crippen molar-refractivity contribution >= 4 is 39.4 Å². The first-order valence-electron chi connectivity index (χ1n) is 7.37. The second-order valence-corrected chi connectivity index (χ2v) is 7.78. The van der Waals surface area contributed by atoms with E-state index in [2.05, 4.69) is 17.1 Å². The van der Waals surface area contributed by atoms with Gasteiger partial charge in [0.2, 0.25) is 0 Å². The van der Waals surface area contributed by atoms with Crippen LogP contribution in [0.25, 0.3) is 10.6 Å². The molecule has 1 saturated heterocycles. The van der Waals surface area contributed by atoms with Gasteiger partial charge in [-0.2, -0.15) is 0 Å². The molecule has 1 aliphatic heterocycles. The van der Waals surface area contributed by atoms with Crippen LogP contribution in [0.1, 0.15) is 31.1 Å². The molecule has 114 valence electrons. The molecule has 0 saturated carbocycles. The highest BCUT2D eigenvalue weighted by Gasteiger charge is 2.25. The molecule has 3 rings (SSSR count). The van der Waals surface area contributed by atoms with E-state index < -0.39 is 0 Å². The normalized spacial score (nSPS) is 19.3. The second-order valence-electron chi connectivity index (χ2n) is 5.34. The fourth-order valence-corrected chi connectivity index (χ4v) is 5.06. The van der Waals surface area contributed by atoms with Crippen LogP contribution in [0.3, 0.4) is 0 Å². The number of aromatic nitrogens is 1. The number of rotatable bonds is 5. The van der Waals surface area contributed by atoms with Gasteiger partial charge in [0.15, 0.2) is 5.13 Å². The van der Waals surface area contributed by atoms with E-state index in [1.54, 1.807) is 22.7 Å². The molecule has 3 heterocycles. The first-order chi connectivity index (χ1) is 10.2. The molecule has 0 aromatic carbocycles. The topological polar surface area (TPSA) is 28.2 Å². The van der Waals surface area contributed by atoms with Gasteiger partial charge in [0, 0.05) is 29.9 Å². The van der Waals surface area contributed by atoms with Gasteiger partial charge in [-0.3, -0.25) is 4.90 Å². The van der Waals surface area contributed by atoms with E-state index in [-0.39, 0.29) is 0 Å². The van der Waals surface area contributed by atoms with Crippen LogP contribution >= 0.6 is 34.3 Å². The molecule has 0 spiro atoms. The minimum absolute atomic E-state index is 0.727. The van der Waals surface area contributed by atoms with E-state index in [0.717, 1.165) is 28.4 Å². The summed E-state index contributed by atoms with van der Waals surface area (Å²) in [7, 11) is 1.93. The lowest BCUT2D eigenvalue weighted by atomic mass is 10.1. The maximum absolute atomic E-state index is 6.08. The number of hydrogen-bond donors (Lipinski definition) is 1. The number of thiophene rings is 1. The second kappa shape index (κ2) is 6.65. The molecule has 1 aliphatic rings. The van der Waals surface area contributed by atoms with Crippen molar-refractivity contribution in [2.75, 3.05) is 18.9 Å². The minimum atomic E-state index is 0.727. The van der Waals surface area contributed by atoms with Crippen molar-refractivity contribution in [2.45, 2.75) is 38.8 Å². The smallest absolute Gasteiger partial charge is 0.183 e. The van der Waals surface area contributed by atoms with Crippen molar-refractivity contribution in [2.24, 2.45) is 0 Å². The summed E-state index contributed by atoms with van der Waals surface area (Å²) in [4.78, 5) is 9.85. The first-order valence-corrected chi connectivity index (χ1v) is 9.44. The van der Waals surface area contributed by atoms with Gasteiger partial charge >= 0.3 is 0 Å². The molecule has 0 bridgehead atoms. The highest BCUT2D eigenvalue weighted by atomic mass is 35.5. The average Bonchev–Trinajstić information content (AvgIpc) is 3.18. The lowest BCUT2D eigenvalue weighted by Gasteiger charge is -2.22. The molecule has 1 N–H and O–H groups in total. The number of thiazole rings is 1. The van der Waals surface area contributed by atoms with Crippen LogP contribution in [0.2, 0.25) is 5.02 Å². The van der Waals surface area contributed by atoms with Gasteiger partial charge in [-0.05, 0) is 31.9 Å². The van der Waals surface area contributed by atoms with Crippen molar-refractivity contribution in [1.29, 1.82) is 0 Å². The van der Waals surface area contributed by atoms with Crippen LogP contribution in [0, 0.1) is 0 Å². The van der Waals surface area contributed by atoms with E-state index in [4.69, 9.17) is 16.6 Å². The van der Waals surface area contributed by atoms with E-state index in [1.807, 2.05) is 18.5 Å². The van der Waals surface area contributed by atoms with Gasteiger partial charge in [0.1, 0.15) is 0 Å². The molecular formula is C15H20ClN3S2. The van der Waals surface area contributed by atoms with E-state index in [1.165, 1.54) is 35.6 Å². The molecule has 2 aromatic heterocycles. The molecule has 1 atom stereocenters. The van der Waals surface area contributed by atoms with Crippen molar-refractivity contribution < 1.29 is 0 Å². The Morgan fingerprint density at radius 2 is 2.38 bits per heavy atom. The first kappa shape index (κ1) is 15.3. The quantitative estimate of drug-likeness (QED) is 0.834. The molecular weight excluding hydrogens is 322 g/mol. The zero-order valence-electron chi connectivity index (χ0n) is 12.4. The van der Waals surface area contributed by atoms with Crippen molar-refractivity contribution in [3.8, 4) is 10.6 Å². The highest BCUT2D eigenvalue weighted by Crippen LogP contribution is 2.37. The Bertz CT molecular complexity index is 608. The molecule has 1 fully saturated rings. The Labute approximate surface area is 139 Å². The molecule has 6 heteroatoms. The molecule has 21 heavy (non-hydrogen) atoms. The van der Waals surface area contributed by atoms with E-state index in [9.17, 15) is 0 Å². The van der Waals surface area contributed by atoms with Crippen LogP contribution < -0.4 is 5.32 Å². The Hall–Kier alpha value is -0.620. The SMILES string of the molecule is CCC1CCCN1Cc1sc(NC)nc1-c1cc(Cl)cs1. The Morgan fingerprint density at radius 3 is 3.05 bits per heavy atom. The van der Waals surface area contributed by atoms with Gasteiger partial charge in [-0.15, -0.1) is 22.7 Å². The Balaban J connectivity index is 1.88. The predicted molar refractivity (Wildman–Crippen MR) is 93.7 cm³/mol. The van der Waals surface area contributed by atoms with Gasteiger partial charge in [0.05, 0.1) is 15.6 Å². The Morgan fingerprint density at radius 1 is 1.52 bits per heavy atom. The molecule has 0 aliphatic carbocycles. The molecule has 0 radical (unpaired) electrons. The zero-order valence-corrected chi connectivity index (χ0v) is 14.7.